The second-order valence-corrected chi connectivity index (χ2v) is 8.00. The largest absolute Gasteiger partial charge is 0.416 e. The van der Waals surface area contributed by atoms with E-state index in [0.29, 0.717) is 29.3 Å². The summed E-state index contributed by atoms with van der Waals surface area (Å²) in [5, 5.41) is 2.91. The fourth-order valence-corrected chi connectivity index (χ4v) is 3.90. The molecule has 0 unspecified atom stereocenters. The number of amides is 2. The Labute approximate surface area is 190 Å². The molecule has 1 aromatic heterocycles. The van der Waals surface area contributed by atoms with Crippen LogP contribution < -0.4 is 15.1 Å². The Morgan fingerprint density at radius 3 is 2.52 bits per heavy atom. The number of nitrogens with one attached hydrogen (secondary N) is 1. The van der Waals surface area contributed by atoms with E-state index in [1.54, 1.807) is 17.0 Å². The molecule has 5 nitrogen and oxygen atoms in total. The molecule has 2 amide bonds. The van der Waals surface area contributed by atoms with Gasteiger partial charge in [0.15, 0.2) is 5.82 Å². The van der Waals surface area contributed by atoms with Gasteiger partial charge >= 0.3 is 12.2 Å². The third-order valence-corrected chi connectivity index (χ3v) is 5.68. The SMILES string of the molecule is CCN1CCCN(C(=O)Nc2ccc(C)cc2)c2nc(-c3cccc(C(F)(F)F)c3)ccc21. The molecule has 1 aliphatic rings. The van der Waals surface area contributed by atoms with Gasteiger partial charge in [-0.05, 0) is 56.7 Å². The average Bonchev–Trinajstić information content (AvgIpc) is 2.99. The molecule has 3 aromatic rings. The maximum atomic E-state index is 13.2. The quantitative estimate of drug-likeness (QED) is 0.502. The van der Waals surface area contributed by atoms with E-state index in [9.17, 15) is 18.0 Å². The van der Waals surface area contributed by atoms with Crippen LogP contribution in [0.5, 0.6) is 0 Å². The van der Waals surface area contributed by atoms with Crippen LogP contribution in [0.2, 0.25) is 0 Å². The number of aromatic nitrogens is 1. The van der Waals surface area contributed by atoms with Crippen molar-refractivity contribution in [2.75, 3.05) is 34.8 Å². The van der Waals surface area contributed by atoms with Crippen LogP contribution in [0.25, 0.3) is 11.3 Å². The summed E-state index contributed by atoms with van der Waals surface area (Å²) in [4.78, 5) is 21.6. The molecular weight excluding hydrogens is 429 g/mol. The molecule has 172 valence electrons. The highest BCUT2D eigenvalue weighted by Crippen LogP contribution is 2.36. The molecule has 0 atom stereocenters. The molecule has 0 fully saturated rings. The van der Waals surface area contributed by atoms with Gasteiger partial charge in [0.25, 0.3) is 0 Å². The topological polar surface area (TPSA) is 48.5 Å². The number of carbonyl (C=O) groups excluding carboxylic acids is 1. The van der Waals surface area contributed by atoms with Gasteiger partial charge < -0.3 is 10.2 Å². The lowest BCUT2D eigenvalue weighted by Gasteiger charge is -2.25. The first-order chi connectivity index (χ1) is 15.8. The Balaban J connectivity index is 1.73. The van der Waals surface area contributed by atoms with E-state index in [1.807, 2.05) is 44.2 Å². The summed E-state index contributed by atoms with van der Waals surface area (Å²) in [6.45, 7) is 5.91. The second-order valence-electron chi connectivity index (χ2n) is 8.00. The first-order valence-electron chi connectivity index (χ1n) is 10.8. The molecule has 1 N–H and O–H groups in total. The number of hydrogen-bond acceptors (Lipinski definition) is 3. The van der Waals surface area contributed by atoms with Gasteiger partial charge in [0.05, 0.1) is 16.9 Å². The summed E-state index contributed by atoms with van der Waals surface area (Å²) < 4.78 is 39.7. The summed E-state index contributed by atoms with van der Waals surface area (Å²) in [7, 11) is 0. The Morgan fingerprint density at radius 1 is 1.06 bits per heavy atom. The zero-order valence-electron chi connectivity index (χ0n) is 18.5. The number of benzene rings is 2. The zero-order valence-corrected chi connectivity index (χ0v) is 18.5. The monoisotopic (exact) mass is 454 g/mol. The number of urea groups is 1. The number of alkyl halides is 3. The molecular formula is C25H25F3N4O. The average molecular weight is 454 g/mol. The number of fused-ring (bicyclic) bond motifs is 1. The molecule has 0 saturated carbocycles. The summed E-state index contributed by atoms with van der Waals surface area (Å²) in [6, 6.07) is 15.8. The summed E-state index contributed by atoms with van der Waals surface area (Å²) >= 11 is 0. The maximum Gasteiger partial charge on any atom is 0.416 e. The number of pyridine rings is 1. The fraction of sp³-hybridized carbons (Fsp3) is 0.280. The number of aryl methyl sites for hydroxylation is 1. The van der Waals surface area contributed by atoms with Crippen LogP contribution in [0.1, 0.15) is 24.5 Å². The first kappa shape index (κ1) is 22.6. The molecule has 4 rings (SSSR count). The number of anilines is 3. The lowest BCUT2D eigenvalue weighted by atomic mass is 10.1. The van der Waals surface area contributed by atoms with Crippen LogP contribution in [0.15, 0.2) is 60.7 Å². The summed E-state index contributed by atoms with van der Waals surface area (Å²) in [5.74, 6) is 0.439. The molecule has 1 aliphatic heterocycles. The van der Waals surface area contributed by atoms with Crippen molar-refractivity contribution in [1.29, 1.82) is 0 Å². The fourth-order valence-electron chi connectivity index (χ4n) is 3.90. The van der Waals surface area contributed by atoms with E-state index < -0.39 is 11.7 Å². The number of nitrogens with zero attached hydrogens (tertiary/aromatic N) is 3. The third kappa shape index (κ3) is 4.94. The summed E-state index contributed by atoms with van der Waals surface area (Å²) in [6.07, 6.45) is -3.70. The molecule has 0 saturated heterocycles. The molecule has 0 aliphatic carbocycles. The van der Waals surface area contributed by atoms with Crippen molar-refractivity contribution < 1.29 is 18.0 Å². The first-order valence-corrected chi connectivity index (χ1v) is 10.8. The van der Waals surface area contributed by atoms with E-state index in [2.05, 4.69) is 15.2 Å². The van der Waals surface area contributed by atoms with Gasteiger partial charge in [-0.25, -0.2) is 9.78 Å². The summed E-state index contributed by atoms with van der Waals surface area (Å²) in [5.41, 5.74) is 2.52. The van der Waals surface area contributed by atoms with Crippen molar-refractivity contribution in [2.45, 2.75) is 26.4 Å². The molecule has 8 heteroatoms. The Bertz CT molecular complexity index is 1150. The van der Waals surface area contributed by atoms with Crippen molar-refractivity contribution in [3.8, 4) is 11.3 Å². The minimum Gasteiger partial charge on any atom is -0.369 e. The third-order valence-electron chi connectivity index (χ3n) is 5.68. The van der Waals surface area contributed by atoms with Crippen molar-refractivity contribution in [3.63, 3.8) is 0 Å². The van der Waals surface area contributed by atoms with Gasteiger partial charge in [0.2, 0.25) is 0 Å². The maximum absolute atomic E-state index is 13.2. The highest BCUT2D eigenvalue weighted by Gasteiger charge is 2.31. The second kappa shape index (κ2) is 9.13. The number of halogens is 3. The zero-order chi connectivity index (χ0) is 23.6. The van der Waals surface area contributed by atoms with Gasteiger partial charge in [-0.1, -0.05) is 29.8 Å². The number of rotatable bonds is 3. The van der Waals surface area contributed by atoms with Crippen LogP contribution in [-0.2, 0) is 6.18 Å². The molecule has 33 heavy (non-hydrogen) atoms. The Hall–Kier alpha value is -3.55. The van der Waals surface area contributed by atoms with Crippen LogP contribution in [0.3, 0.4) is 0 Å². The van der Waals surface area contributed by atoms with Crippen molar-refractivity contribution >= 4 is 23.2 Å². The van der Waals surface area contributed by atoms with Gasteiger partial charge in [-0.2, -0.15) is 13.2 Å². The lowest BCUT2D eigenvalue weighted by molar-refractivity contribution is -0.137. The van der Waals surface area contributed by atoms with Gasteiger partial charge in [0, 0.05) is 30.9 Å². The Kier molecular flexibility index (Phi) is 6.26. The highest BCUT2D eigenvalue weighted by molar-refractivity contribution is 6.03. The van der Waals surface area contributed by atoms with Gasteiger partial charge in [0.1, 0.15) is 0 Å². The van der Waals surface area contributed by atoms with E-state index in [1.165, 1.54) is 6.07 Å². The van der Waals surface area contributed by atoms with Crippen LogP contribution in [-0.4, -0.2) is 30.6 Å². The van der Waals surface area contributed by atoms with Gasteiger partial charge in [-0.3, -0.25) is 4.90 Å². The van der Waals surface area contributed by atoms with Crippen LogP contribution in [0, 0.1) is 6.92 Å². The minimum absolute atomic E-state index is 0.327. The predicted octanol–water partition coefficient (Wildman–Crippen LogP) is 6.34. The minimum atomic E-state index is -4.44. The van der Waals surface area contributed by atoms with E-state index in [0.717, 1.165) is 42.9 Å². The van der Waals surface area contributed by atoms with Crippen molar-refractivity contribution in [2.24, 2.45) is 0 Å². The number of hydrogen-bond donors (Lipinski definition) is 1. The van der Waals surface area contributed by atoms with Gasteiger partial charge in [-0.15, -0.1) is 0 Å². The lowest BCUT2D eigenvalue weighted by Crippen LogP contribution is -2.36. The molecule has 2 heterocycles. The highest BCUT2D eigenvalue weighted by atomic mass is 19.4. The van der Waals surface area contributed by atoms with Crippen molar-refractivity contribution in [3.05, 3.63) is 71.8 Å². The van der Waals surface area contributed by atoms with E-state index in [-0.39, 0.29) is 6.03 Å². The van der Waals surface area contributed by atoms with Crippen LogP contribution >= 0.6 is 0 Å². The van der Waals surface area contributed by atoms with E-state index in [4.69, 9.17) is 0 Å². The predicted molar refractivity (Wildman–Crippen MR) is 125 cm³/mol. The van der Waals surface area contributed by atoms with Crippen LogP contribution in [0.4, 0.5) is 35.2 Å². The molecule has 2 aromatic carbocycles. The Morgan fingerprint density at radius 2 is 1.82 bits per heavy atom. The van der Waals surface area contributed by atoms with E-state index >= 15 is 0 Å². The number of carbonyl (C=O) groups is 1. The normalized spacial score (nSPS) is 14.0. The molecule has 0 bridgehead atoms. The molecule has 0 radical (unpaired) electrons. The smallest absolute Gasteiger partial charge is 0.369 e. The standard InChI is InChI=1S/C25H25F3N4O/c1-3-31-14-5-15-32(24(33)29-20-10-8-17(2)9-11-20)23-22(31)13-12-21(30-23)18-6-4-7-19(16-18)25(26,27)28/h4,6-13,16H,3,5,14-15H2,1-2H3,(H,29,33). The van der Waals surface area contributed by atoms with Crippen molar-refractivity contribution in [1.82, 2.24) is 4.98 Å². The molecule has 0 spiro atoms.